The first-order valence-electron chi connectivity index (χ1n) is 10.2. The summed E-state index contributed by atoms with van der Waals surface area (Å²) in [7, 11) is -4.22. The van der Waals surface area contributed by atoms with E-state index in [0.717, 1.165) is 42.8 Å². The van der Waals surface area contributed by atoms with E-state index in [0.29, 0.717) is 0 Å². The van der Waals surface area contributed by atoms with Gasteiger partial charge >= 0.3 is 0 Å². The van der Waals surface area contributed by atoms with Gasteiger partial charge in [-0.25, -0.2) is 8.42 Å². The molecule has 31 heavy (non-hydrogen) atoms. The minimum absolute atomic E-state index is 0.0189. The maximum absolute atomic E-state index is 13.2. The second kappa shape index (κ2) is 10.2. The molecule has 1 aliphatic carbocycles. The maximum atomic E-state index is 13.2. The van der Waals surface area contributed by atoms with Gasteiger partial charge in [-0.15, -0.1) is 0 Å². The summed E-state index contributed by atoms with van der Waals surface area (Å²) in [6.07, 6.45) is 7.35. The van der Waals surface area contributed by atoms with Gasteiger partial charge in [0, 0.05) is 24.5 Å². The standard InChI is InChI=1S/C20H26Cl2N4O4S/c21-15-8-3-9-17(19(15)22)31(29,30)26-11-10-24-20(28)16(26)12-18(27)25-14-6-1-4-13(23)5-2-7-14/h3,8-11,13-14,16H,1-2,4-7,12,23H2,(H,24,28)(H,25,27)/t13?,14?,16-/m1/s1. The van der Waals surface area contributed by atoms with Crippen molar-refractivity contribution >= 4 is 45.0 Å². The molecule has 1 heterocycles. The molecule has 3 rings (SSSR count). The topological polar surface area (TPSA) is 122 Å². The largest absolute Gasteiger partial charge is 0.353 e. The van der Waals surface area contributed by atoms with Gasteiger partial charge in [-0.3, -0.25) is 13.9 Å². The van der Waals surface area contributed by atoms with Crippen molar-refractivity contribution in [1.82, 2.24) is 14.9 Å². The van der Waals surface area contributed by atoms with Crippen molar-refractivity contribution in [2.24, 2.45) is 5.73 Å². The van der Waals surface area contributed by atoms with Crippen LogP contribution in [0.15, 0.2) is 35.5 Å². The Balaban J connectivity index is 1.75. The minimum Gasteiger partial charge on any atom is -0.353 e. The molecule has 1 aromatic carbocycles. The van der Waals surface area contributed by atoms with E-state index in [1.807, 2.05) is 0 Å². The number of amides is 2. The lowest BCUT2D eigenvalue weighted by Gasteiger charge is -2.32. The van der Waals surface area contributed by atoms with Crippen LogP contribution in [0.25, 0.3) is 0 Å². The fourth-order valence-corrected chi connectivity index (χ4v) is 6.07. The highest BCUT2D eigenvalue weighted by molar-refractivity contribution is 7.89. The summed E-state index contributed by atoms with van der Waals surface area (Å²) in [6, 6.07) is 3.17. The van der Waals surface area contributed by atoms with E-state index >= 15 is 0 Å². The van der Waals surface area contributed by atoms with E-state index in [4.69, 9.17) is 28.9 Å². The smallest absolute Gasteiger partial charge is 0.266 e. The Morgan fingerprint density at radius 3 is 2.55 bits per heavy atom. The lowest BCUT2D eigenvalue weighted by molar-refractivity contribution is -0.129. The van der Waals surface area contributed by atoms with Gasteiger partial charge in [0.15, 0.2) is 0 Å². The summed E-state index contributed by atoms with van der Waals surface area (Å²) in [5.74, 6) is -0.981. The van der Waals surface area contributed by atoms with Gasteiger partial charge in [0.05, 0.1) is 16.5 Å². The molecule has 170 valence electrons. The molecule has 0 unspecified atom stereocenters. The Hall–Kier alpha value is -1.81. The molecule has 1 fully saturated rings. The lowest BCUT2D eigenvalue weighted by atomic mass is 9.94. The van der Waals surface area contributed by atoms with Crippen molar-refractivity contribution in [2.45, 2.75) is 68.0 Å². The van der Waals surface area contributed by atoms with E-state index in [1.165, 1.54) is 30.6 Å². The van der Waals surface area contributed by atoms with E-state index in [2.05, 4.69) is 10.6 Å². The fourth-order valence-electron chi connectivity index (χ4n) is 3.88. The molecule has 4 N–H and O–H groups in total. The Morgan fingerprint density at radius 1 is 1.19 bits per heavy atom. The number of nitrogens with zero attached hydrogens (tertiary/aromatic N) is 1. The van der Waals surface area contributed by atoms with Crippen LogP contribution < -0.4 is 16.4 Å². The second-order valence-electron chi connectivity index (χ2n) is 7.82. The van der Waals surface area contributed by atoms with E-state index < -0.39 is 22.0 Å². The first kappa shape index (κ1) is 23.8. The number of rotatable bonds is 5. The van der Waals surface area contributed by atoms with Crippen LogP contribution in [0, 0.1) is 0 Å². The normalized spacial score (nSPS) is 24.8. The van der Waals surface area contributed by atoms with Gasteiger partial charge in [-0.2, -0.15) is 0 Å². The molecule has 1 saturated carbocycles. The zero-order chi connectivity index (χ0) is 22.6. The predicted molar refractivity (Wildman–Crippen MR) is 119 cm³/mol. The van der Waals surface area contributed by atoms with Crippen LogP contribution in [0.4, 0.5) is 0 Å². The lowest BCUT2D eigenvalue weighted by Crippen LogP contribution is -2.51. The highest BCUT2D eigenvalue weighted by Crippen LogP contribution is 2.32. The number of nitrogens with one attached hydrogen (secondary N) is 2. The molecule has 0 bridgehead atoms. The van der Waals surface area contributed by atoms with Crippen LogP contribution in [0.5, 0.6) is 0 Å². The van der Waals surface area contributed by atoms with Gasteiger partial charge < -0.3 is 16.4 Å². The molecule has 1 atom stereocenters. The third kappa shape index (κ3) is 5.71. The van der Waals surface area contributed by atoms with Crippen molar-refractivity contribution < 1.29 is 18.0 Å². The molecule has 11 heteroatoms. The number of hydrogen-bond donors (Lipinski definition) is 3. The van der Waals surface area contributed by atoms with Gasteiger partial charge in [0.1, 0.15) is 10.9 Å². The summed E-state index contributed by atoms with van der Waals surface area (Å²) in [4.78, 5) is 25.0. The average molecular weight is 489 g/mol. The zero-order valence-corrected chi connectivity index (χ0v) is 19.2. The maximum Gasteiger partial charge on any atom is 0.266 e. The fraction of sp³-hybridized carbons (Fsp3) is 0.500. The van der Waals surface area contributed by atoms with E-state index in [9.17, 15) is 18.0 Å². The second-order valence-corrected chi connectivity index (χ2v) is 10.4. The SMILES string of the molecule is NC1CCCC(NC(=O)C[C@@H]2C(=O)NC=CN2S(=O)(=O)c2cccc(Cl)c2Cl)CCC1. The van der Waals surface area contributed by atoms with Gasteiger partial charge in [-0.1, -0.05) is 29.3 Å². The zero-order valence-electron chi connectivity index (χ0n) is 16.9. The molecule has 0 spiro atoms. The molecule has 2 amide bonds. The molecule has 0 radical (unpaired) electrons. The minimum atomic E-state index is -4.22. The van der Waals surface area contributed by atoms with Crippen LogP contribution >= 0.6 is 23.2 Å². The molecular formula is C20H26Cl2N4O4S. The number of benzene rings is 1. The Labute approximate surface area is 192 Å². The number of hydrogen-bond acceptors (Lipinski definition) is 5. The number of carbonyl (C=O) groups excluding carboxylic acids is 2. The van der Waals surface area contributed by atoms with Crippen LogP contribution in [0.1, 0.15) is 44.9 Å². The van der Waals surface area contributed by atoms with Crippen molar-refractivity contribution in [3.63, 3.8) is 0 Å². The quantitative estimate of drug-likeness (QED) is 0.587. The van der Waals surface area contributed by atoms with Crippen molar-refractivity contribution in [3.8, 4) is 0 Å². The number of halogens is 2. The monoisotopic (exact) mass is 488 g/mol. The first-order chi connectivity index (χ1) is 14.7. The molecule has 1 aromatic rings. The molecule has 8 nitrogen and oxygen atoms in total. The Bertz CT molecular complexity index is 960. The van der Waals surface area contributed by atoms with Gasteiger partial charge in [-0.05, 0) is 50.7 Å². The van der Waals surface area contributed by atoms with E-state index in [1.54, 1.807) is 0 Å². The van der Waals surface area contributed by atoms with Gasteiger partial charge in [0.25, 0.3) is 10.0 Å². The molecule has 0 aromatic heterocycles. The number of nitrogens with two attached hydrogens (primary N) is 1. The third-order valence-corrected chi connectivity index (χ3v) is 8.29. The van der Waals surface area contributed by atoms with Crippen LogP contribution in [-0.2, 0) is 19.6 Å². The van der Waals surface area contributed by atoms with Crippen LogP contribution in [-0.4, -0.2) is 42.7 Å². The van der Waals surface area contributed by atoms with E-state index in [-0.39, 0.29) is 39.4 Å². The first-order valence-corrected chi connectivity index (χ1v) is 12.4. The molecule has 1 aliphatic heterocycles. The Morgan fingerprint density at radius 2 is 1.87 bits per heavy atom. The molecule has 2 aliphatic rings. The van der Waals surface area contributed by atoms with Gasteiger partial charge in [0.2, 0.25) is 11.8 Å². The summed E-state index contributed by atoms with van der Waals surface area (Å²) < 4.78 is 27.3. The molecule has 0 saturated heterocycles. The number of sulfonamides is 1. The third-order valence-electron chi connectivity index (χ3n) is 5.53. The average Bonchev–Trinajstić information content (AvgIpc) is 2.69. The summed E-state index contributed by atoms with van der Waals surface area (Å²) >= 11 is 12.1. The summed E-state index contributed by atoms with van der Waals surface area (Å²) in [5, 5.41) is 5.35. The van der Waals surface area contributed by atoms with Crippen molar-refractivity contribution in [2.75, 3.05) is 0 Å². The summed E-state index contributed by atoms with van der Waals surface area (Å²) in [6.45, 7) is 0. The summed E-state index contributed by atoms with van der Waals surface area (Å²) in [5.41, 5.74) is 6.00. The highest BCUT2D eigenvalue weighted by atomic mass is 35.5. The Kier molecular flexibility index (Phi) is 7.85. The van der Waals surface area contributed by atoms with Crippen molar-refractivity contribution in [3.05, 3.63) is 40.6 Å². The molecular weight excluding hydrogens is 463 g/mol. The van der Waals surface area contributed by atoms with Crippen molar-refractivity contribution in [1.29, 1.82) is 0 Å². The van der Waals surface area contributed by atoms with Crippen LogP contribution in [0.3, 0.4) is 0 Å². The predicted octanol–water partition coefficient (Wildman–Crippen LogP) is 2.51. The number of carbonyl (C=O) groups is 2. The highest BCUT2D eigenvalue weighted by Gasteiger charge is 2.38. The van der Waals surface area contributed by atoms with Crippen LogP contribution in [0.2, 0.25) is 10.0 Å².